The first-order chi connectivity index (χ1) is 8.81. The maximum Gasteiger partial charge on any atom is 0.325 e. The molecule has 5 heteroatoms. The van der Waals surface area contributed by atoms with Crippen molar-refractivity contribution in [2.24, 2.45) is 0 Å². The van der Waals surface area contributed by atoms with Gasteiger partial charge in [-0.2, -0.15) is 0 Å². The molecule has 1 saturated heterocycles. The van der Waals surface area contributed by atoms with Gasteiger partial charge in [0.2, 0.25) is 0 Å². The second-order valence-electron chi connectivity index (χ2n) is 4.93. The third-order valence-corrected chi connectivity index (χ3v) is 3.75. The number of hydrogen-bond donors (Lipinski definition) is 1. The Hall–Kier alpha value is -1.07. The van der Waals surface area contributed by atoms with Gasteiger partial charge in [0.25, 0.3) is 0 Å². The van der Waals surface area contributed by atoms with Crippen LogP contribution in [-0.2, 0) is 11.3 Å². The van der Waals surface area contributed by atoms with Gasteiger partial charge in [-0.15, -0.1) is 0 Å². The third kappa shape index (κ3) is 3.46. The van der Waals surface area contributed by atoms with Crippen molar-refractivity contribution in [2.45, 2.75) is 38.3 Å². The number of H-pyrrole nitrogens is 1. The summed E-state index contributed by atoms with van der Waals surface area (Å²) in [6.07, 6.45) is 8.45. The molecule has 1 fully saturated rings. The van der Waals surface area contributed by atoms with E-state index in [2.05, 4.69) is 9.88 Å². The Labute approximate surface area is 108 Å². The fourth-order valence-electron chi connectivity index (χ4n) is 2.70. The molecule has 0 aromatic carbocycles. The number of aromatic nitrogens is 2. The summed E-state index contributed by atoms with van der Waals surface area (Å²) in [6, 6.07) is 0.619. The lowest BCUT2D eigenvalue weighted by atomic mass is 10.00. The van der Waals surface area contributed by atoms with Crippen LogP contribution in [0.2, 0.25) is 0 Å². The highest BCUT2D eigenvalue weighted by molar-refractivity contribution is 4.80. The topological polar surface area (TPSA) is 50.3 Å². The van der Waals surface area contributed by atoms with Gasteiger partial charge in [-0.3, -0.25) is 9.47 Å². The van der Waals surface area contributed by atoms with E-state index in [4.69, 9.17) is 4.74 Å². The Morgan fingerprint density at radius 2 is 2.33 bits per heavy atom. The lowest BCUT2D eigenvalue weighted by molar-refractivity contribution is 0.0997. The van der Waals surface area contributed by atoms with Crippen LogP contribution in [0.3, 0.4) is 0 Å². The van der Waals surface area contributed by atoms with E-state index in [1.54, 1.807) is 17.9 Å². The number of hydrogen-bond acceptors (Lipinski definition) is 3. The summed E-state index contributed by atoms with van der Waals surface area (Å²) in [4.78, 5) is 16.6. The first kappa shape index (κ1) is 13.4. The predicted octanol–water partition coefficient (Wildman–Crippen LogP) is 1.07. The van der Waals surface area contributed by atoms with Crippen LogP contribution in [0.25, 0.3) is 0 Å². The first-order valence-corrected chi connectivity index (χ1v) is 6.78. The van der Waals surface area contributed by atoms with Gasteiger partial charge in [-0.05, 0) is 25.8 Å². The van der Waals surface area contributed by atoms with Crippen LogP contribution in [0.4, 0.5) is 0 Å². The molecule has 0 aliphatic carbocycles. The number of nitrogens with one attached hydrogen (secondary N) is 1. The van der Waals surface area contributed by atoms with Crippen LogP contribution in [0.15, 0.2) is 17.2 Å². The van der Waals surface area contributed by atoms with Gasteiger partial charge in [-0.1, -0.05) is 6.42 Å². The Kier molecular flexibility index (Phi) is 5.01. The van der Waals surface area contributed by atoms with Gasteiger partial charge in [0, 0.05) is 45.2 Å². The van der Waals surface area contributed by atoms with Gasteiger partial charge in [-0.25, -0.2) is 4.79 Å². The number of rotatable bonds is 6. The minimum absolute atomic E-state index is 0.0135. The largest absolute Gasteiger partial charge is 0.385 e. The molecule has 0 bridgehead atoms. The lowest BCUT2D eigenvalue weighted by Gasteiger charge is -2.35. The van der Waals surface area contributed by atoms with Gasteiger partial charge < -0.3 is 9.72 Å². The van der Waals surface area contributed by atoms with E-state index in [1.165, 1.54) is 19.3 Å². The number of nitrogens with zero attached hydrogens (tertiary/aromatic N) is 2. The van der Waals surface area contributed by atoms with E-state index in [-0.39, 0.29) is 5.69 Å². The highest BCUT2D eigenvalue weighted by atomic mass is 16.5. The van der Waals surface area contributed by atoms with Crippen LogP contribution < -0.4 is 5.69 Å². The smallest absolute Gasteiger partial charge is 0.325 e. The Morgan fingerprint density at radius 1 is 1.44 bits per heavy atom. The normalized spacial score (nSPS) is 21.3. The van der Waals surface area contributed by atoms with Crippen molar-refractivity contribution < 1.29 is 4.74 Å². The fourth-order valence-corrected chi connectivity index (χ4v) is 2.70. The van der Waals surface area contributed by atoms with Crippen molar-refractivity contribution in [3.8, 4) is 0 Å². The quantitative estimate of drug-likeness (QED) is 0.825. The number of piperidine rings is 1. The molecule has 1 aromatic heterocycles. The first-order valence-electron chi connectivity index (χ1n) is 6.78. The van der Waals surface area contributed by atoms with Crippen molar-refractivity contribution in [1.29, 1.82) is 0 Å². The van der Waals surface area contributed by atoms with Crippen LogP contribution in [0.1, 0.15) is 25.7 Å². The number of aromatic amines is 1. The van der Waals surface area contributed by atoms with Crippen LogP contribution in [0, 0.1) is 0 Å². The maximum atomic E-state index is 11.4. The molecular formula is C13H23N3O2. The molecule has 1 aliphatic rings. The average Bonchev–Trinajstić information content (AvgIpc) is 2.80. The average molecular weight is 253 g/mol. The van der Waals surface area contributed by atoms with E-state index in [9.17, 15) is 4.79 Å². The number of likely N-dealkylation sites (tertiary alicyclic amines) is 1. The zero-order chi connectivity index (χ0) is 12.8. The second kappa shape index (κ2) is 6.75. The number of methoxy groups -OCH3 is 1. The fraction of sp³-hybridized carbons (Fsp3) is 0.769. The zero-order valence-electron chi connectivity index (χ0n) is 11.1. The monoisotopic (exact) mass is 253 g/mol. The van der Waals surface area contributed by atoms with Gasteiger partial charge in [0.05, 0.1) is 0 Å². The van der Waals surface area contributed by atoms with Crippen molar-refractivity contribution in [3.63, 3.8) is 0 Å². The van der Waals surface area contributed by atoms with Crippen LogP contribution in [0.5, 0.6) is 0 Å². The molecule has 1 aromatic rings. The van der Waals surface area contributed by atoms with Crippen LogP contribution >= 0.6 is 0 Å². The number of imidazole rings is 1. The third-order valence-electron chi connectivity index (χ3n) is 3.75. The molecule has 1 aliphatic heterocycles. The standard InChI is InChI=1S/C13H23N3O2/c1-18-11-5-12-4-2-3-7-15(12)9-10-16-8-6-14-13(16)17/h6,8,12H,2-5,7,9-11H2,1H3,(H,14,17). The SMILES string of the molecule is COCCC1CCCCN1CCn1cc[nH]c1=O. The predicted molar refractivity (Wildman–Crippen MR) is 70.8 cm³/mol. The molecule has 0 radical (unpaired) electrons. The summed E-state index contributed by atoms with van der Waals surface area (Å²) in [5.74, 6) is 0. The maximum absolute atomic E-state index is 11.4. The van der Waals surface area contributed by atoms with E-state index < -0.39 is 0 Å². The summed E-state index contributed by atoms with van der Waals surface area (Å²) >= 11 is 0. The van der Waals surface area contributed by atoms with Crippen molar-refractivity contribution in [1.82, 2.24) is 14.5 Å². The molecular weight excluding hydrogens is 230 g/mol. The minimum Gasteiger partial charge on any atom is -0.385 e. The summed E-state index contributed by atoms with van der Waals surface area (Å²) < 4.78 is 6.91. The van der Waals surface area contributed by atoms with Crippen molar-refractivity contribution in [2.75, 3.05) is 26.8 Å². The van der Waals surface area contributed by atoms with E-state index >= 15 is 0 Å². The molecule has 1 unspecified atom stereocenters. The Bertz CT molecular complexity index is 399. The van der Waals surface area contributed by atoms with Crippen molar-refractivity contribution >= 4 is 0 Å². The Morgan fingerprint density at radius 3 is 3.06 bits per heavy atom. The highest BCUT2D eigenvalue weighted by Gasteiger charge is 2.21. The van der Waals surface area contributed by atoms with E-state index in [1.807, 2.05) is 6.20 Å². The van der Waals surface area contributed by atoms with Gasteiger partial charge in [0.15, 0.2) is 0 Å². The van der Waals surface area contributed by atoms with Crippen LogP contribution in [-0.4, -0.2) is 47.3 Å². The Balaban J connectivity index is 1.85. The lowest BCUT2D eigenvalue weighted by Crippen LogP contribution is -2.42. The molecule has 102 valence electrons. The van der Waals surface area contributed by atoms with Gasteiger partial charge >= 0.3 is 5.69 Å². The summed E-state index contributed by atoms with van der Waals surface area (Å²) in [5.41, 5.74) is -0.0135. The summed E-state index contributed by atoms with van der Waals surface area (Å²) in [7, 11) is 1.76. The molecule has 1 N–H and O–H groups in total. The van der Waals surface area contributed by atoms with Crippen molar-refractivity contribution in [3.05, 3.63) is 22.9 Å². The minimum atomic E-state index is -0.0135. The molecule has 0 amide bonds. The molecule has 0 spiro atoms. The van der Waals surface area contributed by atoms with E-state index in [0.717, 1.165) is 32.7 Å². The number of ether oxygens (including phenoxy) is 1. The molecule has 2 rings (SSSR count). The zero-order valence-corrected chi connectivity index (χ0v) is 11.1. The summed E-state index contributed by atoms with van der Waals surface area (Å²) in [6.45, 7) is 3.69. The molecule has 5 nitrogen and oxygen atoms in total. The van der Waals surface area contributed by atoms with Gasteiger partial charge in [0.1, 0.15) is 0 Å². The molecule has 1 atom stereocenters. The second-order valence-corrected chi connectivity index (χ2v) is 4.93. The summed E-state index contributed by atoms with van der Waals surface area (Å²) in [5, 5.41) is 0. The van der Waals surface area contributed by atoms with E-state index in [0.29, 0.717) is 6.04 Å². The molecule has 0 saturated carbocycles. The molecule has 18 heavy (non-hydrogen) atoms. The molecule has 2 heterocycles. The highest BCUT2D eigenvalue weighted by Crippen LogP contribution is 2.19.